The number of nitrogens with one attached hydrogen (secondary N) is 2. The fourth-order valence-electron chi connectivity index (χ4n) is 3.72. The van der Waals surface area contributed by atoms with Gasteiger partial charge in [0.05, 0.1) is 37.3 Å². The number of alkyl halides is 2. The first-order valence-electron chi connectivity index (χ1n) is 10.1. The number of hydrogen-bond donors (Lipinski definition) is 3. The lowest BCUT2D eigenvalue weighted by atomic mass is 10.1. The normalized spacial score (nSPS) is 17.9. The molecule has 0 radical (unpaired) electrons. The van der Waals surface area contributed by atoms with Crippen LogP contribution in [0.25, 0.3) is 0 Å². The van der Waals surface area contributed by atoms with Crippen LogP contribution < -0.4 is 16.4 Å². The van der Waals surface area contributed by atoms with E-state index in [1.807, 2.05) is 0 Å². The Bertz CT molecular complexity index is 1450. The SMILES string of the molecule is Nc1c(F)ccc(NC(=O)c2cc(NC(=O)[C@H]3[C@H](c4cc(Cl)c(Cl)c(Cl)c4)C3(Cl)Cl)cc(F)c2Cl)c1F. The number of nitrogens with two attached hydrogens (primary N) is 1. The predicted molar refractivity (Wildman–Crippen MR) is 141 cm³/mol. The van der Waals surface area contributed by atoms with E-state index in [0.29, 0.717) is 5.56 Å². The smallest absolute Gasteiger partial charge is 0.257 e. The average Bonchev–Trinajstić information content (AvgIpc) is 3.41. The third kappa shape index (κ3) is 5.28. The number of anilines is 3. The number of rotatable bonds is 5. The van der Waals surface area contributed by atoms with Gasteiger partial charge in [-0.15, -0.1) is 23.2 Å². The van der Waals surface area contributed by atoms with Gasteiger partial charge in [0, 0.05) is 11.6 Å². The van der Waals surface area contributed by atoms with E-state index in [2.05, 4.69) is 10.6 Å². The number of carbonyl (C=O) groups is 2. The molecule has 4 N–H and O–H groups in total. The van der Waals surface area contributed by atoms with Gasteiger partial charge in [0.2, 0.25) is 5.91 Å². The number of benzene rings is 3. The topological polar surface area (TPSA) is 84.2 Å². The second-order valence-electron chi connectivity index (χ2n) is 8.01. The minimum Gasteiger partial charge on any atom is -0.394 e. The Kier molecular flexibility index (Phi) is 7.74. The monoisotopic (exact) mass is 629 g/mol. The molecule has 1 fully saturated rings. The van der Waals surface area contributed by atoms with Gasteiger partial charge in [-0.1, -0.05) is 46.4 Å². The summed E-state index contributed by atoms with van der Waals surface area (Å²) in [5.41, 5.74) is 3.83. The highest BCUT2D eigenvalue weighted by Gasteiger charge is 2.67. The number of halogens is 9. The van der Waals surface area contributed by atoms with Crippen LogP contribution in [-0.4, -0.2) is 16.1 Å². The van der Waals surface area contributed by atoms with E-state index in [1.54, 1.807) is 0 Å². The molecule has 14 heteroatoms. The maximum Gasteiger partial charge on any atom is 0.257 e. The van der Waals surface area contributed by atoms with Crippen LogP contribution in [-0.2, 0) is 4.79 Å². The number of amides is 2. The van der Waals surface area contributed by atoms with E-state index >= 15 is 0 Å². The van der Waals surface area contributed by atoms with Crippen molar-refractivity contribution in [2.45, 2.75) is 10.3 Å². The van der Waals surface area contributed by atoms with Gasteiger partial charge in [0.1, 0.15) is 21.7 Å². The van der Waals surface area contributed by atoms with Gasteiger partial charge in [0.25, 0.3) is 5.91 Å². The summed E-state index contributed by atoms with van der Waals surface area (Å²) in [6.07, 6.45) is 0. The molecule has 0 aliphatic heterocycles. The molecule has 0 unspecified atom stereocenters. The number of carbonyl (C=O) groups excluding carboxylic acids is 2. The first kappa shape index (κ1) is 28.0. The highest BCUT2D eigenvalue weighted by Crippen LogP contribution is 2.65. The lowest BCUT2D eigenvalue weighted by Gasteiger charge is -2.12. The molecule has 1 aliphatic carbocycles. The van der Waals surface area contributed by atoms with Crippen molar-refractivity contribution in [1.29, 1.82) is 0 Å². The molecule has 4 rings (SSSR count). The third-order valence-corrected chi connectivity index (χ3v) is 8.14. The van der Waals surface area contributed by atoms with Crippen molar-refractivity contribution in [2.24, 2.45) is 5.92 Å². The molecule has 0 bridgehead atoms. The van der Waals surface area contributed by atoms with E-state index < -0.39 is 67.4 Å². The highest BCUT2D eigenvalue weighted by molar-refractivity contribution is 6.54. The first-order chi connectivity index (χ1) is 17.2. The summed E-state index contributed by atoms with van der Waals surface area (Å²) >= 11 is 36.7. The van der Waals surface area contributed by atoms with Crippen molar-refractivity contribution in [3.05, 3.63) is 85.1 Å². The third-order valence-electron chi connectivity index (χ3n) is 5.62. The molecule has 5 nitrogen and oxygen atoms in total. The van der Waals surface area contributed by atoms with Gasteiger partial charge in [-0.25, -0.2) is 13.2 Å². The lowest BCUT2D eigenvalue weighted by Crippen LogP contribution is -2.19. The fourth-order valence-corrected chi connectivity index (χ4v) is 5.36. The quantitative estimate of drug-likeness (QED) is 0.151. The van der Waals surface area contributed by atoms with Crippen molar-refractivity contribution in [1.82, 2.24) is 0 Å². The van der Waals surface area contributed by atoms with Crippen LogP contribution in [0, 0.1) is 23.4 Å². The zero-order valence-corrected chi connectivity index (χ0v) is 22.4. The van der Waals surface area contributed by atoms with Gasteiger partial charge in [-0.05, 0) is 42.0 Å². The molecular weight excluding hydrogens is 620 g/mol. The van der Waals surface area contributed by atoms with Gasteiger partial charge < -0.3 is 16.4 Å². The molecular formula is C23H12Cl6F3N3O2. The summed E-state index contributed by atoms with van der Waals surface area (Å²) in [5, 5.41) is 4.35. The second-order valence-corrected chi connectivity index (χ2v) is 11.0. The molecule has 0 aromatic heterocycles. The van der Waals surface area contributed by atoms with Crippen LogP contribution in [0.1, 0.15) is 21.8 Å². The largest absolute Gasteiger partial charge is 0.394 e. The Morgan fingerprint density at radius 3 is 2.11 bits per heavy atom. The molecule has 0 heterocycles. The van der Waals surface area contributed by atoms with E-state index in [9.17, 15) is 22.8 Å². The summed E-state index contributed by atoms with van der Waals surface area (Å²) in [6.45, 7) is 0. The molecule has 37 heavy (non-hydrogen) atoms. The Labute approximate surface area is 237 Å². The Morgan fingerprint density at radius 2 is 1.49 bits per heavy atom. The zero-order valence-electron chi connectivity index (χ0n) is 17.9. The summed E-state index contributed by atoms with van der Waals surface area (Å²) in [6, 6.07) is 6.63. The van der Waals surface area contributed by atoms with E-state index in [0.717, 1.165) is 24.3 Å². The second kappa shape index (κ2) is 10.2. The molecule has 3 aromatic carbocycles. The van der Waals surface area contributed by atoms with E-state index in [-0.39, 0.29) is 20.8 Å². The van der Waals surface area contributed by atoms with Crippen LogP contribution in [0.15, 0.2) is 36.4 Å². The zero-order chi connectivity index (χ0) is 27.4. The van der Waals surface area contributed by atoms with Crippen LogP contribution in [0.2, 0.25) is 20.1 Å². The molecule has 194 valence electrons. The summed E-state index contributed by atoms with van der Waals surface area (Å²) < 4.78 is 40.6. The molecule has 2 amide bonds. The van der Waals surface area contributed by atoms with E-state index in [1.165, 1.54) is 12.1 Å². The minimum atomic E-state index is -1.55. The lowest BCUT2D eigenvalue weighted by molar-refractivity contribution is -0.117. The molecule has 0 spiro atoms. The van der Waals surface area contributed by atoms with Crippen molar-refractivity contribution in [2.75, 3.05) is 16.4 Å². The predicted octanol–water partition coefficient (Wildman–Crippen LogP) is 8.08. The summed E-state index contributed by atoms with van der Waals surface area (Å²) in [7, 11) is 0. The van der Waals surface area contributed by atoms with E-state index in [4.69, 9.17) is 75.3 Å². The van der Waals surface area contributed by atoms with Gasteiger partial charge >= 0.3 is 0 Å². The highest BCUT2D eigenvalue weighted by atomic mass is 35.5. The molecule has 1 saturated carbocycles. The van der Waals surface area contributed by atoms with Gasteiger partial charge in [-0.2, -0.15) is 0 Å². The summed E-state index contributed by atoms with van der Waals surface area (Å²) in [5.74, 6) is -6.80. The Morgan fingerprint density at radius 1 is 0.865 bits per heavy atom. The standard InChI is InChI=1S/C23H12Cl6F3N3O2/c24-10-3-7(4-11(25)18(10)27)15-16(23(15,28)29)22(37)34-8-5-9(17(26)13(31)6-8)21(36)35-14-2-1-12(30)20(33)19(14)32/h1-6,15-16H,33H2,(H,34,37)(H,35,36)/t15-,16+/m0/s1. The molecule has 2 atom stereocenters. The number of hydrogen-bond acceptors (Lipinski definition) is 3. The van der Waals surface area contributed by atoms with Crippen LogP contribution in [0.3, 0.4) is 0 Å². The average molecular weight is 632 g/mol. The van der Waals surface area contributed by atoms with Crippen LogP contribution in [0.4, 0.5) is 30.2 Å². The van der Waals surface area contributed by atoms with Crippen LogP contribution >= 0.6 is 69.6 Å². The minimum absolute atomic E-state index is 0.120. The molecule has 3 aromatic rings. The Hall–Kier alpha value is -2.07. The van der Waals surface area contributed by atoms with Gasteiger partial charge in [-0.3, -0.25) is 9.59 Å². The van der Waals surface area contributed by atoms with Crippen LogP contribution in [0.5, 0.6) is 0 Å². The van der Waals surface area contributed by atoms with Gasteiger partial charge in [0.15, 0.2) is 5.82 Å². The van der Waals surface area contributed by atoms with Crippen molar-refractivity contribution < 1.29 is 22.8 Å². The number of nitrogen functional groups attached to an aromatic ring is 1. The summed E-state index contributed by atoms with van der Waals surface area (Å²) in [4.78, 5) is 25.7. The Balaban J connectivity index is 1.57. The molecule has 0 saturated heterocycles. The first-order valence-corrected chi connectivity index (χ1v) is 12.4. The molecule has 1 aliphatic rings. The van der Waals surface area contributed by atoms with Crippen molar-refractivity contribution >= 4 is 98.5 Å². The maximum atomic E-state index is 14.5. The maximum absolute atomic E-state index is 14.5. The van der Waals surface area contributed by atoms with Crippen molar-refractivity contribution in [3.8, 4) is 0 Å². The van der Waals surface area contributed by atoms with Crippen molar-refractivity contribution in [3.63, 3.8) is 0 Å². The fraction of sp³-hybridized carbons (Fsp3) is 0.130.